The molecule has 1 saturated carbocycles. The van der Waals surface area contributed by atoms with Crippen LogP contribution in [0.5, 0.6) is 5.75 Å². The van der Waals surface area contributed by atoms with E-state index in [0.717, 1.165) is 12.3 Å². The van der Waals surface area contributed by atoms with E-state index in [-0.39, 0.29) is 11.3 Å². The molecule has 1 fully saturated rings. The van der Waals surface area contributed by atoms with Crippen LogP contribution in [0.2, 0.25) is 0 Å². The number of nitrogens with zero attached hydrogens (tertiary/aromatic N) is 2. The standard InChI is InChI=1S/C13H14N2O3/c14-9-11-8-12(4-5-13(11)15(16)17)18-7-6-10-2-1-3-10/h4-5,8,10H,1-3,6-7H2. The molecule has 1 aromatic carbocycles. The summed E-state index contributed by atoms with van der Waals surface area (Å²) in [5, 5.41) is 19.5. The molecule has 0 radical (unpaired) electrons. The fraction of sp³-hybridized carbons (Fsp3) is 0.462. The molecule has 1 aliphatic carbocycles. The van der Waals surface area contributed by atoms with E-state index in [2.05, 4.69) is 0 Å². The van der Waals surface area contributed by atoms with Gasteiger partial charge >= 0.3 is 0 Å². The highest BCUT2D eigenvalue weighted by Crippen LogP contribution is 2.29. The Morgan fingerprint density at radius 2 is 2.28 bits per heavy atom. The van der Waals surface area contributed by atoms with Gasteiger partial charge in [-0.25, -0.2) is 0 Å². The molecule has 5 heteroatoms. The summed E-state index contributed by atoms with van der Waals surface area (Å²) in [7, 11) is 0. The fourth-order valence-corrected chi connectivity index (χ4v) is 1.98. The molecule has 0 unspecified atom stereocenters. The van der Waals surface area contributed by atoms with E-state index in [0.29, 0.717) is 12.4 Å². The molecule has 2 rings (SSSR count). The van der Waals surface area contributed by atoms with Gasteiger partial charge in [-0.1, -0.05) is 19.3 Å². The summed E-state index contributed by atoms with van der Waals surface area (Å²) in [5.41, 5.74) is -0.134. The van der Waals surface area contributed by atoms with E-state index in [4.69, 9.17) is 10.00 Å². The van der Waals surface area contributed by atoms with Crippen molar-refractivity contribution < 1.29 is 9.66 Å². The Labute approximate surface area is 105 Å². The predicted octanol–water partition coefficient (Wildman–Crippen LogP) is 3.04. The van der Waals surface area contributed by atoms with Crippen molar-refractivity contribution in [1.82, 2.24) is 0 Å². The molecule has 1 aromatic rings. The SMILES string of the molecule is N#Cc1cc(OCCC2CCC2)ccc1[N+](=O)[O-]. The molecular weight excluding hydrogens is 232 g/mol. The average molecular weight is 246 g/mol. The number of nitro benzene ring substituents is 1. The van der Waals surface area contributed by atoms with Crippen LogP contribution < -0.4 is 4.74 Å². The van der Waals surface area contributed by atoms with Crippen molar-refractivity contribution in [2.75, 3.05) is 6.61 Å². The molecule has 5 nitrogen and oxygen atoms in total. The topological polar surface area (TPSA) is 76.2 Å². The Bertz CT molecular complexity index is 489. The smallest absolute Gasteiger partial charge is 0.287 e. The number of hydrogen-bond acceptors (Lipinski definition) is 4. The maximum Gasteiger partial charge on any atom is 0.287 e. The van der Waals surface area contributed by atoms with Crippen molar-refractivity contribution in [3.63, 3.8) is 0 Å². The van der Waals surface area contributed by atoms with Crippen LogP contribution in [0.25, 0.3) is 0 Å². The lowest BCUT2D eigenvalue weighted by atomic mass is 9.83. The third kappa shape index (κ3) is 2.77. The van der Waals surface area contributed by atoms with Gasteiger partial charge in [-0.15, -0.1) is 0 Å². The molecule has 0 saturated heterocycles. The van der Waals surface area contributed by atoms with Gasteiger partial charge in [0.25, 0.3) is 5.69 Å². The summed E-state index contributed by atoms with van der Waals surface area (Å²) in [6.45, 7) is 0.605. The van der Waals surface area contributed by atoms with Crippen LogP contribution in [-0.4, -0.2) is 11.5 Å². The molecule has 0 aromatic heterocycles. The van der Waals surface area contributed by atoms with E-state index in [1.807, 2.05) is 6.07 Å². The summed E-state index contributed by atoms with van der Waals surface area (Å²) in [5.74, 6) is 1.29. The summed E-state index contributed by atoms with van der Waals surface area (Å²) in [6, 6.07) is 6.10. The first-order valence-electron chi connectivity index (χ1n) is 6.02. The van der Waals surface area contributed by atoms with E-state index >= 15 is 0 Å². The highest BCUT2D eigenvalue weighted by molar-refractivity contribution is 5.52. The lowest BCUT2D eigenvalue weighted by molar-refractivity contribution is -0.385. The van der Waals surface area contributed by atoms with Crippen LogP contribution in [0.1, 0.15) is 31.2 Å². The molecule has 0 aliphatic heterocycles. The van der Waals surface area contributed by atoms with Gasteiger partial charge in [0.15, 0.2) is 0 Å². The molecule has 0 atom stereocenters. The van der Waals surface area contributed by atoms with E-state index < -0.39 is 4.92 Å². The van der Waals surface area contributed by atoms with Crippen molar-refractivity contribution in [2.45, 2.75) is 25.7 Å². The van der Waals surface area contributed by atoms with Gasteiger partial charge in [-0.3, -0.25) is 10.1 Å². The lowest BCUT2D eigenvalue weighted by Gasteiger charge is -2.24. The van der Waals surface area contributed by atoms with Crippen molar-refractivity contribution >= 4 is 5.69 Å². The Hall–Kier alpha value is -2.09. The van der Waals surface area contributed by atoms with Crippen LogP contribution in [0.3, 0.4) is 0 Å². The maximum absolute atomic E-state index is 10.7. The van der Waals surface area contributed by atoms with Gasteiger partial charge in [-0.2, -0.15) is 5.26 Å². The molecule has 18 heavy (non-hydrogen) atoms. The zero-order chi connectivity index (χ0) is 13.0. The van der Waals surface area contributed by atoms with Crippen molar-refractivity contribution in [2.24, 2.45) is 5.92 Å². The predicted molar refractivity (Wildman–Crippen MR) is 65.3 cm³/mol. The largest absolute Gasteiger partial charge is 0.494 e. The van der Waals surface area contributed by atoms with Crippen LogP contribution in [0, 0.1) is 27.4 Å². The van der Waals surface area contributed by atoms with Crippen molar-refractivity contribution in [3.8, 4) is 11.8 Å². The first kappa shape index (κ1) is 12.4. The number of ether oxygens (including phenoxy) is 1. The summed E-state index contributed by atoms with van der Waals surface area (Å²) < 4.78 is 5.52. The van der Waals surface area contributed by atoms with Gasteiger partial charge < -0.3 is 4.74 Å². The number of rotatable bonds is 5. The van der Waals surface area contributed by atoms with E-state index in [1.54, 1.807) is 6.07 Å². The van der Waals surface area contributed by atoms with Crippen LogP contribution in [-0.2, 0) is 0 Å². The first-order valence-corrected chi connectivity index (χ1v) is 6.02. The summed E-state index contributed by atoms with van der Waals surface area (Å²) >= 11 is 0. The Morgan fingerprint density at radius 1 is 1.50 bits per heavy atom. The second-order valence-electron chi connectivity index (χ2n) is 4.48. The second-order valence-corrected chi connectivity index (χ2v) is 4.48. The fourth-order valence-electron chi connectivity index (χ4n) is 1.98. The van der Waals surface area contributed by atoms with Gasteiger partial charge in [0, 0.05) is 12.1 Å². The van der Waals surface area contributed by atoms with Crippen molar-refractivity contribution in [3.05, 3.63) is 33.9 Å². The summed E-state index contributed by atoms with van der Waals surface area (Å²) in [4.78, 5) is 10.1. The van der Waals surface area contributed by atoms with Gasteiger partial charge in [-0.05, 0) is 18.4 Å². The number of nitriles is 1. The zero-order valence-electron chi connectivity index (χ0n) is 9.96. The number of nitro groups is 1. The minimum Gasteiger partial charge on any atom is -0.494 e. The average Bonchev–Trinajstić information content (AvgIpc) is 2.31. The number of hydrogen-bond donors (Lipinski definition) is 0. The second kappa shape index (κ2) is 5.50. The van der Waals surface area contributed by atoms with Gasteiger partial charge in [0.1, 0.15) is 17.4 Å². The molecule has 94 valence electrons. The van der Waals surface area contributed by atoms with Crippen LogP contribution >= 0.6 is 0 Å². The third-order valence-electron chi connectivity index (χ3n) is 3.30. The molecule has 0 spiro atoms. The van der Waals surface area contributed by atoms with Crippen molar-refractivity contribution in [1.29, 1.82) is 5.26 Å². The molecule has 0 heterocycles. The quantitative estimate of drug-likeness (QED) is 0.591. The van der Waals surface area contributed by atoms with Gasteiger partial charge in [0.2, 0.25) is 0 Å². The maximum atomic E-state index is 10.7. The highest BCUT2D eigenvalue weighted by Gasteiger charge is 2.17. The Morgan fingerprint density at radius 3 is 2.83 bits per heavy atom. The van der Waals surface area contributed by atoms with Crippen LogP contribution in [0.15, 0.2) is 18.2 Å². The molecule has 0 N–H and O–H groups in total. The highest BCUT2D eigenvalue weighted by atomic mass is 16.6. The minimum atomic E-state index is -0.559. The van der Waals surface area contributed by atoms with Gasteiger partial charge in [0.05, 0.1) is 11.5 Å². The van der Waals surface area contributed by atoms with Crippen LogP contribution in [0.4, 0.5) is 5.69 Å². The first-order chi connectivity index (χ1) is 8.70. The summed E-state index contributed by atoms with van der Waals surface area (Å²) in [6.07, 6.45) is 4.86. The lowest BCUT2D eigenvalue weighted by Crippen LogP contribution is -2.14. The number of benzene rings is 1. The molecule has 0 amide bonds. The van der Waals surface area contributed by atoms with E-state index in [9.17, 15) is 10.1 Å². The zero-order valence-corrected chi connectivity index (χ0v) is 9.96. The third-order valence-corrected chi connectivity index (χ3v) is 3.30. The molecular formula is C13H14N2O3. The molecule has 1 aliphatic rings. The molecule has 0 bridgehead atoms. The normalized spacial score (nSPS) is 14.6. The monoisotopic (exact) mass is 246 g/mol. The Kier molecular flexibility index (Phi) is 3.78. The minimum absolute atomic E-state index is 0.0427. The Balaban J connectivity index is 1.96. The van der Waals surface area contributed by atoms with E-state index in [1.165, 1.54) is 31.4 Å².